The van der Waals surface area contributed by atoms with E-state index in [1.165, 1.54) is 22.3 Å². The van der Waals surface area contributed by atoms with Crippen LogP contribution in [0.25, 0.3) is 10.9 Å². The predicted octanol–water partition coefficient (Wildman–Crippen LogP) is -5.08. The number of nitrogens with zero attached hydrogens (tertiary/aromatic N) is 3. The Labute approximate surface area is 604 Å². The number of benzene rings is 1. The third kappa shape index (κ3) is 26.2. The molecule has 105 heavy (non-hydrogen) atoms. The van der Waals surface area contributed by atoms with E-state index in [0.29, 0.717) is 41.4 Å². The number of aliphatic carboxylic acids is 2. The molecule has 2 aromatic heterocycles. The van der Waals surface area contributed by atoms with Gasteiger partial charge in [0.15, 0.2) is 0 Å². The average molecular weight is 1480 g/mol. The predicted molar refractivity (Wildman–Crippen MR) is 373 cm³/mol. The van der Waals surface area contributed by atoms with E-state index in [9.17, 15) is 92.0 Å². The molecule has 2 saturated heterocycles. The van der Waals surface area contributed by atoms with Crippen LogP contribution in [0.1, 0.15) is 142 Å². The summed E-state index contributed by atoms with van der Waals surface area (Å²) in [5, 5.41) is 52.5. The fraction of sp³-hybridized carbons (Fsp3) is 0.597. The van der Waals surface area contributed by atoms with Crippen molar-refractivity contribution in [3.05, 3.63) is 54.2 Å². The first-order valence-electron chi connectivity index (χ1n) is 35.0. The first-order chi connectivity index (χ1) is 49.8. The zero-order valence-corrected chi connectivity index (χ0v) is 59.3. The number of para-hydroxylation sites is 1. The van der Waals surface area contributed by atoms with Crippen LogP contribution in [-0.2, 0) is 89.6 Å². The van der Waals surface area contributed by atoms with E-state index in [-0.39, 0.29) is 89.8 Å². The Morgan fingerprint density at radius 1 is 0.571 bits per heavy atom. The Morgan fingerprint density at radius 2 is 1.08 bits per heavy atom. The molecule has 3 aromatic rings. The minimum Gasteiger partial charge on any atom is -0.481 e. The molecule has 0 unspecified atom stereocenters. The normalized spacial score (nSPS) is 17.3. The van der Waals surface area contributed by atoms with Crippen molar-refractivity contribution in [2.24, 2.45) is 40.5 Å². The summed E-state index contributed by atoms with van der Waals surface area (Å²) < 4.78 is 0. The van der Waals surface area contributed by atoms with Crippen molar-refractivity contribution >= 4 is 106 Å². The van der Waals surface area contributed by atoms with Crippen LogP contribution in [0.4, 0.5) is 0 Å². The highest BCUT2D eigenvalue weighted by atomic mass is 16.4. The van der Waals surface area contributed by atoms with Gasteiger partial charge in [-0.25, -0.2) is 9.78 Å². The highest BCUT2D eigenvalue weighted by Crippen LogP contribution is 2.25. The molecule has 0 spiro atoms. The number of hydrogen-bond acceptors (Lipinski definition) is 20. The number of carboxylic acid groups (broad SMARTS) is 2. The van der Waals surface area contributed by atoms with Gasteiger partial charge in [0.1, 0.15) is 72.5 Å². The molecule has 578 valence electrons. The molecule has 4 heterocycles. The summed E-state index contributed by atoms with van der Waals surface area (Å²) in [6.45, 7) is 6.18. The number of nitrogens with one attached hydrogen (secondary N) is 11. The Kier molecular flexibility index (Phi) is 33.7. The van der Waals surface area contributed by atoms with Crippen molar-refractivity contribution in [3.8, 4) is 0 Å². The van der Waals surface area contributed by atoms with Gasteiger partial charge in [-0.15, -0.1) is 0 Å². The van der Waals surface area contributed by atoms with E-state index >= 15 is 0 Å². The van der Waals surface area contributed by atoms with Gasteiger partial charge in [0, 0.05) is 74.2 Å². The van der Waals surface area contributed by atoms with E-state index in [1.54, 1.807) is 58.2 Å². The lowest BCUT2D eigenvalue weighted by atomic mass is 9.96. The molecule has 2 aliphatic heterocycles. The second-order valence-electron chi connectivity index (χ2n) is 26.7. The van der Waals surface area contributed by atoms with Crippen molar-refractivity contribution in [1.82, 2.24) is 72.6 Å². The largest absolute Gasteiger partial charge is 0.481 e. The number of imidazole rings is 1. The average Bonchev–Trinajstić information content (AvgIpc) is 1.73. The van der Waals surface area contributed by atoms with E-state index < -0.39 is 212 Å². The fourth-order valence-corrected chi connectivity index (χ4v) is 12.3. The van der Waals surface area contributed by atoms with Crippen LogP contribution in [0.3, 0.4) is 0 Å². The summed E-state index contributed by atoms with van der Waals surface area (Å²) >= 11 is 0. The second-order valence-corrected chi connectivity index (χ2v) is 26.7. The lowest BCUT2D eigenvalue weighted by molar-refractivity contribution is -0.144. The van der Waals surface area contributed by atoms with Gasteiger partial charge >= 0.3 is 11.9 Å². The quantitative estimate of drug-likeness (QED) is 0.0235. The number of aromatic nitrogens is 3. The van der Waals surface area contributed by atoms with Crippen LogP contribution in [-0.4, -0.2) is 233 Å². The van der Waals surface area contributed by atoms with Crippen molar-refractivity contribution in [3.63, 3.8) is 0 Å². The number of rotatable bonds is 45. The maximum absolute atomic E-state index is 14.9. The Morgan fingerprint density at radius 3 is 1.61 bits per heavy atom. The molecule has 0 aliphatic carbocycles. The molecular formula is C67H101N19O19. The maximum Gasteiger partial charge on any atom is 0.326 e. The van der Waals surface area contributed by atoms with Gasteiger partial charge in [0.2, 0.25) is 82.7 Å². The van der Waals surface area contributed by atoms with Crippen LogP contribution < -0.4 is 76.5 Å². The summed E-state index contributed by atoms with van der Waals surface area (Å²) in [4.78, 5) is 230. The summed E-state index contributed by atoms with van der Waals surface area (Å²) in [5.74, 6) is -16.9. The number of carbonyl (C=O) groups excluding carboxylic acids is 14. The van der Waals surface area contributed by atoms with Crippen molar-refractivity contribution in [1.29, 1.82) is 0 Å². The zero-order chi connectivity index (χ0) is 77.8. The van der Waals surface area contributed by atoms with E-state index in [4.69, 9.17) is 28.7 Å². The highest BCUT2D eigenvalue weighted by molar-refractivity contribution is 6.01. The van der Waals surface area contributed by atoms with Gasteiger partial charge < -0.3 is 112 Å². The van der Waals surface area contributed by atoms with Crippen LogP contribution in [0, 0.1) is 11.8 Å². The van der Waals surface area contributed by atoms with E-state index in [0.717, 1.165) is 0 Å². The molecule has 1 aromatic carbocycles. The molecule has 24 N–H and O–H groups in total. The minimum atomic E-state index is -1.78. The first kappa shape index (κ1) is 85.0. The van der Waals surface area contributed by atoms with Crippen LogP contribution in [0.5, 0.6) is 0 Å². The Balaban J connectivity index is 1.38. The summed E-state index contributed by atoms with van der Waals surface area (Å²) in [6.07, 6.45) is 1.63. The summed E-state index contributed by atoms with van der Waals surface area (Å²) in [7, 11) is 0. The highest BCUT2D eigenvalue weighted by Gasteiger charge is 2.44. The van der Waals surface area contributed by atoms with Crippen LogP contribution in [0.2, 0.25) is 0 Å². The zero-order valence-electron chi connectivity index (χ0n) is 59.3. The summed E-state index contributed by atoms with van der Waals surface area (Å²) in [6, 6.07) is -11.0. The number of H-pyrrole nitrogens is 2. The lowest BCUT2D eigenvalue weighted by Gasteiger charge is -2.32. The third-order valence-corrected chi connectivity index (χ3v) is 18.2. The molecule has 13 atom stereocenters. The van der Waals surface area contributed by atoms with Gasteiger partial charge in [-0.3, -0.25) is 71.9 Å². The molecule has 38 nitrogen and oxygen atoms in total. The second kappa shape index (κ2) is 41.6. The number of carboxylic acids is 2. The van der Waals surface area contributed by atoms with Crippen molar-refractivity contribution < 1.29 is 92.0 Å². The molecule has 38 heteroatoms. The number of amides is 14. The molecule has 2 fully saturated rings. The minimum absolute atomic E-state index is 0.0112. The lowest BCUT2D eigenvalue weighted by Crippen LogP contribution is -2.61. The number of aliphatic hydroxyl groups excluding tert-OH is 1. The summed E-state index contributed by atoms with van der Waals surface area (Å²) in [5.41, 5.74) is 29.3. The molecular weight excluding hydrogens is 1370 g/mol. The monoisotopic (exact) mass is 1480 g/mol. The molecule has 2 aliphatic rings. The number of primary amides is 3. The standard InChI is InChI=1S/C67H101N19O19/c1-5-35(4)55(84-61(98)45(27-36-30-74-40-13-7-6-12-38(36)40)81-58(95)43(19-22-54(91)92)76-60(97)46(29-53(72)90)80-56(93)39(69)32-87)64(101)79-44(18-21-52(71)89)65(102)85-24-10-15-49(85)62(99)77-41(14-8-9-23-68)57(94)82-47(26-34(2)3)66(103)86-25-11-16-50(86)63(100)78-42(17-20-51(70)88)59(96)83-48(67(104)105)28-37-31-73-33-75-37/h6-7,12-13,30-31,33-35,39,41-50,55,74,87H,5,8-11,14-29,32,68-69H2,1-4H3,(H2,70,88)(H2,71,89)(H2,72,90)(H,73,75)(H,76,97)(H,77,99)(H,78,100)(H,79,101)(H,80,93)(H,81,95)(H,82,94)(H,83,96)(H,84,98)(H,91,92)(H,104,105)/t35-,39-,41-,42-,43-,44-,45-,46-,47-,48-,49-,50-,55-/m0/s1. The van der Waals surface area contributed by atoms with E-state index in [1.807, 2.05) is 0 Å². The first-order valence-corrected chi connectivity index (χ1v) is 35.0. The van der Waals surface area contributed by atoms with Crippen molar-refractivity contribution in [2.75, 3.05) is 26.2 Å². The Hall–Kier alpha value is -10.6. The number of unbranched alkanes of at least 4 members (excludes halogenated alkanes) is 1. The van der Waals surface area contributed by atoms with Gasteiger partial charge in [0.25, 0.3) is 0 Å². The topological polar surface area (TPSA) is 623 Å². The van der Waals surface area contributed by atoms with Gasteiger partial charge in [-0.1, -0.05) is 52.3 Å². The molecule has 0 radical (unpaired) electrons. The smallest absolute Gasteiger partial charge is 0.326 e. The number of fused-ring (bicyclic) bond motifs is 1. The van der Waals surface area contributed by atoms with Gasteiger partial charge in [-0.05, 0) is 101 Å². The van der Waals surface area contributed by atoms with Crippen LogP contribution >= 0.6 is 0 Å². The number of likely N-dealkylation sites (tertiary alicyclic amines) is 2. The van der Waals surface area contributed by atoms with Crippen molar-refractivity contribution in [2.45, 2.75) is 216 Å². The fourth-order valence-electron chi connectivity index (χ4n) is 12.3. The number of carbonyl (C=O) groups is 16. The van der Waals surface area contributed by atoms with Gasteiger partial charge in [-0.2, -0.15) is 0 Å². The Bertz CT molecular complexity index is 3570. The third-order valence-electron chi connectivity index (χ3n) is 18.2. The number of hydrogen-bond donors (Lipinski definition) is 19. The molecule has 0 bridgehead atoms. The van der Waals surface area contributed by atoms with E-state index in [2.05, 4.69) is 62.8 Å². The number of aromatic amines is 2. The van der Waals surface area contributed by atoms with Crippen LogP contribution in [0.15, 0.2) is 43.0 Å². The SMILES string of the molecule is CC[C@H](C)[C@H](NC(=O)[C@H](Cc1c[nH]c2ccccc12)NC(=O)[C@H](CCC(=O)O)NC(=O)[C@H](CC(N)=O)NC(=O)[C@@H](N)CO)C(=O)N[C@@H](CCC(N)=O)C(=O)N1CCC[C@H]1C(=O)N[C@@H](CCCCN)C(=O)N[C@@H](CC(C)C)C(=O)N1CCC[C@H]1C(=O)N[C@@H](CCC(N)=O)C(=O)N[C@@H](Cc1cnc[nH]1)C(=O)O. The molecule has 14 amide bonds. The number of nitrogens with two attached hydrogens (primary N) is 5. The molecule has 5 rings (SSSR count). The molecule has 0 saturated carbocycles. The maximum atomic E-state index is 14.9. The number of aliphatic hydroxyl groups is 1. The van der Waals surface area contributed by atoms with Gasteiger partial charge in [0.05, 0.1) is 19.4 Å².